The van der Waals surface area contributed by atoms with Gasteiger partial charge in [-0.1, -0.05) is 6.42 Å². The van der Waals surface area contributed by atoms with Crippen molar-refractivity contribution < 1.29 is 4.74 Å². The molecule has 1 aliphatic carbocycles. The summed E-state index contributed by atoms with van der Waals surface area (Å²) in [5, 5.41) is 7.24. The maximum atomic E-state index is 6.06. The molecule has 1 atom stereocenters. The van der Waals surface area contributed by atoms with Gasteiger partial charge in [0.05, 0.1) is 24.6 Å². The first-order valence-electron chi connectivity index (χ1n) is 7.29. The van der Waals surface area contributed by atoms with E-state index in [9.17, 15) is 0 Å². The molecule has 1 saturated heterocycles. The molecule has 0 amide bonds. The zero-order valence-electron chi connectivity index (χ0n) is 11.0. The minimum absolute atomic E-state index is 0.251. The molecule has 1 aromatic heterocycles. The predicted octanol–water partition coefficient (Wildman–Crippen LogP) is 2.29. The van der Waals surface area contributed by atoms with Crippen LogP contribution in [0.1, 0.15) is 49.5 Å². The molecular weight excluding hydrogens is 226 g/mol. The van der Waals surface area contributed by atoms with E-state index >= 15 is 0 Å². The lowest BCUT2D eigenvalue weighted by atomic mass is 9.96. The van der Waals surface area contributed by atoms with Crippen molar-refractivity contribution in [3.05, 3.63) is 17.5 Å². The fourth-order valence-corrected chi connectivity index (χ4v) is 3.10. The van der Waals surface area contributed by atoms with E-state index in [0.29, 0.717) is 0 Å². The van der Waals surface area contributed by atoms with Crippen molar-refractivity contribution in [2.24, 2.45) is 0 Å². The summed E-state index contributed by atoms with van der Waals surface area (Å²) in [6.07, 6.45) is 9.82. The fraction of sp³-hybridized carbons (Fsp3) is 0.786. The molecule has 1 aromatic rings. The van der Waals surface area contributed by atoms with Crippen molar-refractivity contribution in [1.82, 2.24) is 15.1 Å². The lowest BCUT2D eigenvalue weighted by molar-refractivity contribution is 0.0214. The molecule has 100 valence electrons. The SMILES string of the molecule is c1n[nH]c2c1CCCC2OCCN1CCCCC1. The fourth-order valence-electron chi connectivity index (χ4n) is 3.10. The third-order valence-electron chi connectivity index (χ3n) is 4.16. The molecule has 1 N–H and O–H groups in total. The van der Waals surface area contributed by atoms with Gasteiger partial charge in [0.25, 0.3) is 0 Å². The summed E-state index contributed by atoms with van der Waals surface area (Å²) >= 11 is 0. The monoisotopic (exact) mass is 249 g/mol. The highest BCUT2D eigenvalue weighted by Gasteiger charge is 2.22. The van der Waals surface area contributed by atoms with E-state index in [-0.39, 0.29) is 6.10 Å². The molecule has 0 bridgehead atoms. The second-order valence-electron chi connectivity index (χ2n) is 5.46. The molecule has 1 aliphatic heterocycles. The summed E-state index contributed by atoms with van der Waals surface area (Å²) in [5.41, 5.74) is 2.57. The van der Waals surface area contributed by atoms with Gasteiger partial charge in [0.15, 0.2) is 0 Å². The molecule has 0 aromatic carbocycles. The van der Waals surface area contributed by atoms with Crippen LogP contribution in [0.25, 0.3) is 0 Å². The number of aryl methyl sites for hydroxylation is 1. The number of rotatable bonds is 4. The van der Waals surface area contributed by atoms with Crippen molar-refractivity contribution in [2.45, 2.75) is 44.6 Å². The number of nitrogens with zero attached hydrogens (tertiary/aromatic N) is 2. The Kier molecular flexibility index (Phi) is 3.96. The minimum Gasteiger partial charge on any atom is -0.371 e. The van der Waals surface area contributed by atoms with E-state index in [4.69, 9.17) is 4.74 Å². The van der Waals surface area contributed by atoms with Crippen LogP contribution in [0.15, 0.2) is 6.20 Å². The van der Waals surface area contributed by atoms with Gasteiger partial charge in [-0.25, -0.2) is 0 Å². The first kappa shape index (κ1) is 12.2. The minimum atomic E-state index is 0.251. The summed E-state index contributed by atoms with van der Waals surface area (Å²) in [7, 11) is 0. The Hall–Kier alpha value is -0.870. The van der Waals surface area contributed by atoms with Crippen molar-refractivity contribution in [3.8, 4) is 0 Å². The maximum absolute atomic E-state index is 6.06. The van der Waals surface area contributed by atoms with Gasteiger partial charge in [-0.2, -0.15) is 5.10 Å². The van der Waals surface area contributed by atoms with E-state index in [1.54, 1.807) is 0 Å². The van der Waals surface area contributed by atoms with Crippen molar-refractivity contribution in [1.29, 1.82) is 0 Å². The van der Waals surface area contributed by atoms with Crippen LogP contribution >= 0.6 is 0 Å². The van der Waals surface area contributed by atoms with Crippen LogP contribution < -0.4 is 0 Å². The van der Waals surface area contributed by atoms with Crippen LogP contribution in [0.3, 0.4) is 0 Å². The second-order valence-corrected chi connectivity index (χ2v) is 5.46. The number of H-pyrrole nitrogens is 1. The topological polar surface area (TPSA) is 41.1 Å². The Labute approximate surface area is 109 Å². The molecule has 0 radical (unpaired) electrons. The van der Waals surface area contributed by atoms with E-state index in [1.807, 2.05) is 6.20 Å². The highest BCUT2D eigenvalue weighted by molar-refractivity contribution is 5.21. The van der Waals surface area contributed by atoms with Gasteiger partial charge in [-0.15, -0.1) is 0 Å². The Balaban J connectivity index is 1.46. The Morgan fingerprint density at radius 3 is 3.06 bits per heavy atom. The molecule has 2 aliphatic rings. The first-order chi connectivity index (χ1) is 8.93. The maximum Gasteiger partial charge on any atom is 0.0992 e. The largest absolute Gasteiger partial charge is 0.371 e. The molecule has 4 heteroatoms. The van der Waals surface area contributed by atoms with Crippen molar-refractivity contribution in [3.63, 3.8) is 0 Å². The number of hydrogen-bond donors (Lipinski definition) is 1. The molecule has 2 heterocycles. The predicted molar refractivity (Wildman–Crippen MR) is 70.5 cm³/mol. The average molecular weight is 249 g/mol. The van der Waals surface area contributed by atoms with Crippen LogP contribution in [0.4, 0.5) is 0 Å². The highest BCUT2D eigenvalue weighted by atomic mass is 16.5. The molecule has 0 saturated carbocycles. The van der Waals surface area contributed by atoms with Gasteiger partial charge < -0.3 is 9.64 Å². The standard InChI is InChI=1S/C14H23N3O/c1-2-7-17(8-3-1)9-10-18-13-6-4-5-12-11-15-16-14(12)13/h11,13H,1-10H2,(H,15,16). The Morgan fingerprint density at radius 1 is 1.28 bits per heavy atom. The Morgan fingerprint density at radius 2 is 2.17 bits per heavy atom. The summed E-state index contributed by atoms with van der Waals surface area (Å²) in [5.74, 6) is 0. The Bertz CT molecular complexity index is 371. The lowest BCUT2D eigenvalue weighted by Crippen LogP contribution is -2.33. The van der Waals surface area contributed by atoms with Crippen molar-refractivity contribution in [2.75, 3.05) is 26.2 Å². The summed E-state index contributed by atoms with van der Waals surface area (Å²) in [6.45, 7) is 4.44. The third kappa shape index (κ3) is 2.75. The summed E-state index contributed by atoms with van der Waals surface area (Å²) in [6, 6.07) is 0. The van der Waals surface area contributed by atoms with Crippen LogP contribution in [0.2, 0.25) is 0 Å². The van der Waals surface area contributed by atoms with Crippen LogP contribution in [0.5, 0.6) is 0 Å². The second kappa shape index (κ2) is 5.85. The zero-order chi connectivity index (χ0) is 12.2. The average Bonchev–Trinajstić information content (AvgIpc) is 2.89. The van der Waals surface area contributed by atoms with Gasteiger partial charge in [0, 0.05) is 6.54 Å². The number of aromatic amines is 1. The number of nitrogens with one attached hydrogen (secondary N) is 1. The quantitative estimate of drug-likeness (QED) is 0.890. The van der Waals surface area contributed by atoms with Crippen molar-refractivity contribution >= 4 is 0 Å². The van der Waals surface area contributed by atoms with Gasteiger partial charge in [-0.05, 0) is 50.8 Å². The number of fused-ring (bicyclic) bond motifs is 1. The van der Waals surface area contributed by atoms with Gasteiger partial charge in [0.1, 0.15) is 0 Å². The van der Waals surface area contributed by atoms with Gasteiger partial charge >= 0.3 is 0 Å². The number of aromatic nitrogens is 2. The van der Waals surface area contributed by atoms with Crippen LogP contribution in [-0.2, 0) is 11.2 Å². The van der Waals surface area contributed by atoms with E-state index in [1.165, 1.54) is 50.0 Å². The van der Waals surface area contributed by atoms with Crippen LogP contribution in [-0.4, -0.2) is 41.3 Å². The lowest BCUT2D eigenvalue weighted by Gasteiger charge is -2.28. The number of ether oxygens (including phenoxy) is 1. The van der Waals surface area contributed by atoms with Crippen LogP contribution in [0, 0.1) is 0 Å². The van der Waals surface area contributed by atoms with Gasteiger partial charge in [-0.3, -0.25) is 5.10 Å². The molecule has 1 fully saturated rings. The molecule has 0 spiro atoms. The molecular formula is C14H23N3O. The molecule has 1 unspecified atom stereocenters. The van der Waals surface area contributed by atoms with E-state index in [2.05, 4.69) is 15.1 Å². The summed E-state index contributed by atoms with van der Waals surface area (Å²) in [4.78, 5) is 2.53. The van der Waals surface area contributed by atoms with E-state index < -0.39 is 0 Å². The van der Waals surface area contributed by atoms with Gasteiger partial charge in [0.2, 0.25) is 0 Å². The highest BCUT2D eigenvalue weighted by Crippen LogP contribution is 2.30. The number of likely N-dealkylation sites (tertiary alicyclic amines) is 1. The molecule has 3 rings (SSSR count). The number of hydrogen-bond acceptors (Lipinski definition) is 3. The normalized spacial score (nSPS) is 25.0. The van der Waals surface area contributed by atoms with E-state index in [0.717, 1.165) is 26.0 Å². The number of piperidine rings is 1. The molecule has 4 nitrogen and oxygen atoms in total. The smallest absolute Gasteiger partial charge is 0.0992 e. The third-order valence-corrected chi connectivity index (χ3v) is 4.16. The first-order valence-corrected chi connectivity index (χ1v) is 7.29. The molecule has 18 heavy (non-hydrogen) atoms. The summed E-state index contributed by atoms with van der Waals surface area (Å²) < 4.78 is 6.06. The zero-order valence-corrected chi connectivity index (χ0v) is 11.0.